The third-order valence-electron chi connectivity index (χ3n) is 4.77. The number of rotatable bonds is 7. The van der Waals surface area contributed by atoms with Crippen LogP contribution < -0.4 is 10.6 Å². The van der Waals surface area contributed by atoms with Gasteiger partial charge in [-0.25, -0.2) is 4.98 Å². The Balaban J connectivity index is 1.51. The number of hydrogen-bond acceptors (Lipinski definition) is 3. The summed E-state index contributed by atoms with van der Waals surface area (Å²) in [7, 11) is 0. The number of carbonyl (C=O) groups excluding carboxylic acids is 2. The topological polar surface area (TPSA) is 76.0 Å². The molecule has 1 aliphatic heterocycles. The van der Waals surface area contributed by atoms with Gasteiger partial charge in [-0.05, 0) is 37.3 Å². The zero-order chi connectivity index (χ0) is 19.2. The number of aryl methyl sites for hydroxylation is 2. The number of nitrogens with zero attached hydrogens (tertiary/aromatic N) is 2. The summed E-state index contributed by atoms with van der Waals surface area (Å²) in [4.78, 5) is 28.4. The van der Waals surface area contributed by atoms with Crippen LogP contribution in [0.3, 0.4) is 0 Å². The largest absolute Gasteiger partial charge is 0.347 e. The van der Waals surface area contributed by atoms with Crippen LogP contribution in [0.15, 0.2) is 30.5 Å². The molecular formula is C21H28N4O2. The van der Waals surface area contributed by atoms with E-state index < -0.39 is 0 Å². The van der Waals surface area contributed by atoms with Crippen molar-refractivity contribution in [2.75, 3.05) is 11.9 Å². The van der Waals surface area contributed by atoms with Crippen LogP contribution in [-0.4, -0.2) is 27.9 Å². The van der Waals surface area contributed by atoms with Gasteiger partial charge < -0.3 is 15.2 Å². The lowest BCUT2D eigenvalue weighted by molar-refractivity contribution is -0.124. The molecule has 0 saturated heterocycles. The van der Waals surface area contributed by atoms with E-state index >= 15 is 0 Å². The van der Waals surface area contributed by atoms with Gasteiger partial charge in [0, 0.05) is 36.8 Å². The van der Waals surface area contributed by atoms with E-state index in [1.54, 1.807) is 0 Å². The number of fused-ring (bicyclic) bond motifs is 1. The molecule has 0 saturated carbocycles. The molecule has 0 aliphatic carbocycles. The van der Waals surface area contributed by atoms with Gasteiger partial charge in [-0.1, -0.05) is 26.0 Å². The van der Waals surface area contributed by atoms with E-state index in [2.05, 4.69) is 35.2 Å². The van der Waals surface area contributed by atoms with Crippen LogP contribution >= 0.6 is 0 Å². The number of carbonyl (C=O) groups is 2. The summed E-state index contributed by atoms with van der Waals surface area (Å²) < 4.78 is 2.23. The summed E-state index contributed by atoms with van der Waals surface area (Å²) in [6, 6.07) is 7.66. The second-order valence-electron chi connectivity index (χ2n) is 7.53. The Morgan fingerprint density at radius 3 is 2.63 bits per heavy atom. The molecule has 2 heterocycles. The predicted octanol–water partition coefficient (Wildman–Crippen LogP) is 3.38. The third kappa shape index (κ3) is 5.42. The lowest BCUT2D eigenvalue weighted by Crippen LogP contribution is -2.32. The number of hydrogen-bond donors (Lipinski definition) is 2. The first-order valence-electron chi connectivity index (χ1n) is 9.74. The Hall–Kier alpha value is -2.63. The van der Waals surface area contributed by atoms with Crippen molar-refractivity contribution in [3.05, 3.63) is 36.3 Å². The normalized spacial score (nSPS) is 13.3. The quantitative estimate of drug-likeness (QED) is 0.787. The van der Waals surface area contributed by atoms with Gasteiger partial charge in [0.25, 0.3) is 0 Å². The van der Waals surface area contributed by atoms with Crippen LogP contribution in [0.2, 0.25) is 0 Å². The smallest absolute Gasteiger partial charge is 0.243 e. The molecule has 0 atom stereocenters. The van der Waals surface area contributed by atoms with Crippen molar-refractivity contribution in [2.45, 2.75) is 52.5 Å². The van der Waals surface area contributed by atoms with Crippen LogP contribution in [-0.2, 0) is 22.6 Å². The van der Waals surface area contributed by atoms with E-state index in [1.165, 1.54) is 12.8 Å². The number of imidazole rings is 1. The second-order valence-corrected chi connectivity index (χ2v) is 7.53. The number of aromatic nitrogens is 2. The number of nitrogens with one attached hydrogen (secondary N) is 2. The molecule has 6 nitrogen and oxygen atoms in total. The second kappa shape index (κ2) is 8.84. The summed E-state index contributed by atoms with van der Waals surface area (Å²) in [5.74, 6) is 1.32. The molecule has 2 N–H and O–H groups in total. The molecular weight excluding hydrogens is 340 g/mol. The fraction of sp³-hybridized carbons (Fsp3) is 0.476. The lowest BCUT2D eigenvalue weighted by atomic mass is 10.1. The SMILES string of the molecule is CC(C)CCC(=O)NCC(=O)Nc1ccc(-c2cn3c(n2)CCCC3)cc1. The van der Waals surface area contributed by atoms with Crippen molar-refractivity contribution in [1.29, 1.82) is 0 Å². The van der Waals surface area contributed by atoms with Crippen LogP contribution in [0.25, 0.3) is 11.3 Å². The van der Waals surface area contributed by atoms with Gasteiger partial charge >= 0.3 is 0 Å². The predicted molar refractivity (Wildman–Crippen MR) is 106 cm³/mol. The van der Waals surface area contributed by atoms with Gasteiger partial charge in [0.2, 0.25) is 11.8 Å². The molecule has 0 spiro atoms. The van der Waals surface area contributed by atoms with Crippen molar-refractivity contribution in [3.63, 3.8) is 0 Å². The molecule has 2 aromatic rings. The molecule has 1 aliphatic rings. The molecule has 3 rings (SSSR count). The van der Waals surface area contributed by atoms with E-state index in [0.717, 1.165) is 36.5 Å². The molecule has 2 amide bonds. The maximum absolute atomic E-state index is 12.0. The van der Waals surface area contributed by atoms with E-state index in [-0.39, 0.29) is 18.4 Å². The van der Waals surface area contributed by atoms with Gasteiger partial charge in [-0.2, -0.15) is 0 Å². The highest BCUT2D eigenvalue weighted by Gasteiger charge is 2.13. The Bertz CT molecular complexity index is 770. The minimum absolute atomic E-state index is 0.00749. The summed E-state index contributed by atoms with van der Waals surface area (Å²) in [5.41, 5.74) is 2.73. The average Bonchev–Trinajstić information content (AvgIpc) is 3.09. The molecule has 27 heavy (non-hydrogen) atoms. The van der Waals surface area contributed by atoms with Crippen LogP contribution in [0.1, 0.15) is 45.4 Å². The highest BCUT2D eigenvalue weighted by Crippen LogP contribution is 2.23. The number of benzene rings is 1. The minimum atomic E-state index is -0.224. The molecule has 0 fully saturated rings. The van der Waals surface area contributed by atoms with Crippen LogP contribution in [0.5, 0.6) is 0 Å². The number of amides is 2. The summed E-state index contributed by atoms with van der Waals surface area (Å²) in [5, 5.41) is 5.47. The zero-order valence-corrected chi connectivity index (χ0v) is 16.1. The van der Waals surface area contributed by atoms with E-state index in [4.69, 9.17) is 4.98 Å². The number of anilines is 1. The molecule has 6 heteroatoms. The van der Waals surface area contributed by atoms with Crippen molar-refractivity contribution < 1.29 is 9.59 Å². The van der Waals surface area contributed by atoms with Crippen molar-refractivity contribution in [1.82, 2.24) is 14.9 Å². The van der Waals surface area contributed by atoms with E-state index in [1.807, 2.05) is 24.3 Å². The van der Waals surface area contributed by atoms with Crippen LogP contribution in [0, 0.1) is 5.92 Å². The van der Waals surface area contributed by atoms with Crippen LogP contribution in [0.4, 0.5) is 5.69 Å². The molecule has 144 valence electrons. The first-order valence-corrected chi connectivity index (χ1v) is 9.74. The van der Waals surface area contributed by atoms with Crippen molar-refractivity contribution >= 4 is 17.5 Å². The first kappa shape index (κ1) is 19.1. The molecule has 1 aromatic carbocycles. The highest BCUT2D eigenvalue weighted by atomic mass is 16.2. The fourth-order valence-electron chi connectivity index (χ4n) is 3.17. The van der Waals surface area contributed by atoms with Gasteiger partial charge in [-0.3, -0.25) is 9.59 Å². The van der Waals surface area contributed by atoms with Gasteiger partial charge in [0.05, 0.1) is 12.2 Å². The minimum Gasteiger partial charge on any atom is -0.347 e. The lowest BCUT2D eigenvalue weighted by Gasteiger charge is -2.11. The summed E-state index contributed by atoms with van der Waals surface area (Å²) in [6.45, 7) is 5.18. The van der Waals surface area contributed by atoms with Gasteiger partial charge in [-0.15, -0.1) is 0 Å². The molecule has 0 bridgehead atoms. The Morgan fingerprint density at radius 1 is 1.15 bits per heavy atom. The summed E-state index contributed by atoms with van der Waals surface area (Å²) >= 11 is 0. The van der Waals surface area contributed by atoms with Gasteiger partial charge in [0.1, 0.15) is 5.82 Å². The zero-order valence-electron chi connectivity index (χ0n) is 16.1. The standard InChI is InChI=1S/C21H28N4O2/c1-15(2)6-11-20(26)22-13-21(27)23-17-9-7-16(8-10-17)18-14-25-12-4-3-5-19(25)24-18/h7-10,14-15H,3-6,11-13H2,1-2H3,(H,22,26)(H,23,27). The maximum atomic E-state index is 12.0. The highest BCUT2D eigenvalue weighted by molar-refractivity contribution is 5.94. The summed E-state index contributed by atoms with van der Waals surface area (Å²) in [6.07, 6.45) is 6.84. The Morgan fingerprint density at radius 2 is 1.93 bits per heavy atom. The Labute approximate surface area is 160 Å². The van der Waals surface area contributed by atoms with E-state index in [0.29, 0.717) is 18.0 Å². The molecule has 0 unspecified atom stereocenters. The Kier molecular flexibility index (Phi) is 6.27. The average molecular weight is 368 g/mol. The molecule has 0 radical (unpaired) electrons. The van der Waals surface area contributed by atoms with E-state index in [9.17, 15) is 9.59 Å². The first-order chi connectivity index (χ1) is 13.0. The third-order valence-corrected chi connectivity index (χ3v) is 4.77. The fourth-order valence-corrected chi connectivity index (χ4v) is 3.17. The van der Waals surface area contributed by atoms with Crippen molar-refractivity contribution in [2.24, 2.45) is 5.92 Å². The molecule has 1 aromatic heterocycles. The van der Waals surface area contributed by atoms with Crippen molar-refractivity contribution in [3.8, 4) is 11.3 Å². The maximum Gasteiger partial charge on any atom is 0.243 e. The van der Waals surface area contributed by atoms with Gasteiger partial charge in [0.15, 0.2) is 0 Å². The monoisotopic (exact) mass is 368 g/mol.